The normalized spacial score (nSPS) is 24.4. The van der Waals surface area contributed by atoms with Gasteiger partial charge in [0.05, 0.1) is 12.2 Å². The molecule has 1 aromatic rings. The van der Waals surface area contributed by atoms with E-state index < -0.39 is 0 Å². The third kappa shape index (κ3) is 4.98. The average Bonchev–Trinajstić information content (AvgIpc) is 2.67. The molecule has 2 unspecified atom stereocenters. The van der Waals surface area contributed by atoms with Crippen molar-refractivity contribution >= 4 is 17.4 Å². The molecule has 2 atom stereocenters. The number of halogens is 1. The molecule has 152 valence electrons. The molecule has 0 bridgehead atoms. The topological polar surface area (TPSA) is 49.9 Å². The van der Waals surface area contributed by atoms with Gasteiger partial charge in [-0.25, -0.2) is 4.39 Å². The molecular weight excluding hydrogens is 359 g/mol. The molecule has 0 spiro atoms. The molecule has 0 N–H and O–H groups in total. The molecule has 2 saturated heterocycles. The zero-order chi connectivity index (χ0) is 20.3. The zero-order valence-electron chi connectivity index (χ0n) is 16.9. The van der Waals surface area contributed by atoms with E-state index in [-0.39, 0.29) is 35.8 Å². The second kappa shape index (κ2) is 8.86. The van der Waals surface area contributed by atoms with E-state index in [1.807, 2.05) is 25.7 Å². The second-order valence-corrected chi connectivity index (χ2v) is 7.93. The third-order valence-corrected chi connectivity index (χ3v) is 5.53. The lowest BCUT2D eigenvalue weighted by molar-refractivity contribution is -0.149. The number of ether oxygens (including phenoxy) is 1. The largest absolute Gasteiger partial charge is 0.372 e. The number of amides is 2. The summed E-state index contributed by atoms with van der Waals surface area (Å²) in [6.45, 7) is 8.28. The van der Waals surface area contributed by atoms with Crippen molar-refractivity contribution in [2.24, 2.45) is 5.92 Å². The lowest BCUT2D eigenvalue weighted by Crippen LogP contribution is -2.51. The van der Waals surface area contributed by atoms with Gasteiger partial charge in [-0.05, 0) is 56.9 Å². The summed E-state index contributed by atoms with van der Waals surface area (Å²) in [7, 11) is 0. The Morgan fingerprint density at radius 3 is 2.18 bits per heavy atom. The van der Waals surface area contributed by atoms with Crippen LogP contribution in [0.5, 0.6) is 0 Å². The first kappa shape index (κ1) is 20.5. The van der Waals surface area contributed by atoms with E-state index in [2.05, 4.69) is 0 Å². The number of rotatable bonds is 3. The quantitative estimate of drug-likeness (QED) is 0.748. The maximum absolute atomic E-state index is 13.1. The number of likely N-dealkylation sites (tertiary alicyclic amines) is 1. The van der Waals surface area contributed by atoms with Crippen LogP contribution in [0.2, 0.25) is 0 Å². The molecule has 2 amide bonds. The van der Waals surface area contributed by atoms with Crippen LogP contribution in [0.4, 0.5) is 4.39 Å². The molecule has 28 heavy (non-hydrogen) atoms. The van der Waals surface area contributed by atoms with Crippen LogP contribution in [-0.2, 0) is 14.3 Å². The molecule has 0 saturated carbocycles. The van der Waals surface area contributed by atoms with Crippen LogP contribution >= 0.6 is 0 Å². The smallest absolute Gasteiger partial charge is 0.246 e. The summed E-state index contributed by atoms with van der Waals surface area (Å²) < 4.78 is 18.8. The first-order chi connectivity index (χ1) is 13.3. The van der Waals surface area contributed by atoms with Crippen LogP contribution in [-0.4, -0.2) is 60.0 Å². The number of carbonyl (C=O) groups is 2. The standard InChI is InChI=1S/C22H29FN2O3/c1-15(18-4-6-20(23)7-5-18)12-21(26)24-10-8-19(9-11-24)22(27)25-13-16(2)28-17(3)14-25/h4-7,12,16-17,19H,8-11,13-14H2,1-3H3/b15-12+. The maximum Gasteiger partial charge on any atom is 0.246 e. The Morgan fingerprint density at radius 1 is 1.04 bits per heavy atom. The molecule has 2 aliphatic heterocycles. The fourth-order valence-electron chi connectivity index (χ4n) is 4.04. The summed E-state index contributed by atoms with van der Waals surface area (Å²) in [6.07, 6.45) is 3.10. The minimum Gasteiger partial charge on any atom is -0.372 e. The van der Waals surface area contributed by atoms with Gasteiger partial charge in [0.15, 0.2) is 0 Å². The summed E-state index contributed by atoms with van der Waals surface area (Å²) in [5, 5.41) is 0. The Kier molecular flexibility index (Phi) is 6.50. The number of carbonyl (C=O) groups excluding carboxylic acids is 2. The van der Waals surface area contributed by atoms with Crippen molar-refractivity contribution < 1.29 is 18.7 Å². The van der Waals surface area contributed by atoms with Crippen LogP contribution in [0.3, 0.4) is 0 Å². The van der Waals surface area contributed by atoms with Gasteiger partial charge in [0.25, 0.3) is 0 Å². The number of nitrogens with zero attached hydrogens (tertiary/aromatic N) is 2. The van der Waals surface area contributed by atoms with Gasteiger partial charge in [0, 0.05) is 38.2 Å². The zero-order valence-corrected chi connectivity index (χ0v) is 16.9. The fourth-order valence-corrected chi connectivity index (χ4v) is 4.04. The monoisotopic (exact) mass is 388 g/mol. The summed E-state index contributed by atoms with van der Waals surface area (Å²) >= 11 is 0. The van der Waals surface area contributed by atoms with Crippen molar-refractivity contribution in [2.75, 3.05) is 26.2 Å². The highest BCUT2D eigenvalue weighted by molar-refractivity contribution is 5.95. The third-order valence-electron chi connectivity index (χ3n) is 5.53. The van der Waals surface area contributed by atoms with E-state index in [1.165, 1.54) is 12.1 Å². The Bertz CT molecular complexity index is 729. The summed E-state index contributed by atoms with van der Waals surface area (Å²) in [4.78, 5) is 29.1. The first-order valence-corrected chi connectivity index (χ1v) is 10.0. The number of hydrogen-bond acceptors (Lipinski definition) is 3. The van der Waals surface area contributed by atoms with Crippen LogP contribution < -0.4 is 0 Å². The highest BCUT2D eigenvalue weighted by Crippen LogP contribution is 2.23. The molecule has 2 fully saturated rings. The molecular formula is C22H29FN2O3. The number of benzene rings is 1. The Hall–Kier alpha value is -2.21. The van der Waals surface area contributed by atoms with Gasteiger partial charge in [0.2, 0.25) is 11.8 Å². The second-order valence-electron chi connectivity index (χ2n) is 7.93. The molecule has 5 nitrogen and oxygen atoms in total. The number of morpholine rings is 1. The lowest BCUT2D eigenvalue weighted by atomic mass is 9.94. The van der Waals surface area contributed by atoms with Gasteiger partial charge in [-0.1, -0.05) is 12.1 Å². The fraction of sp³-hybridized carbons (Fsp3) is 0.545. The minimum atomic E-state index is -0.293. The van der Waals surface area contributed by atoms with Crippen molar-refractivity contribution in [3.8, 4) is 0 Å². The molecule has 1 aromatic carbocycles. The van der Waals surface area contributed by atoms with Crippen molar-refractivity contribution in [1.82, 2.24) is 9.80 Å². The summed E-state index contributed by atoms with van der Waals surface area (Å²) in [5.41, 5.74) is 1.63. The van der Waals surface area contributed by atoms with E-state index in [9.17, 15) is 14.0 Å². The number of piperidine rings is 1. The molecule has 3 rings (SSSR count). The summed E-state index contributed by atoms with van der Waals surface area (Å²) in [5.74, 6) is -0.184. The van der Waals surface area contributed by atoms with E-state index in [0.29, 0.717) is 39.0 Å². The Balaban J connectivity index is 1.54. The maximum atomic E-state index is 13.1. The molecule has 0 aliphatic carbocycles. The van der Waals surface area contributed by atoms with Gasteiger partial charge in [-0.15, -0.1) is 0 Å². The molecule has 6 heteroatoms. The van der Waals surface area contributed by atoms with E-state index >= 15 is 0 Å². The van der Waals surface area contributed by atoms with Crippen molar-refractivity contribution in [1.29, 1.82) is 0 Å². The Morgan fingerprint density at radius 2 is 1.61 bits per heavy atom. The van der Waals surface area contributed by atoms with Crippen LogP contribution in [0.1, 0.15) is 39.2 Å². The van der Waals surface area contributed by atoms with Crippen molar-refractivity contribution in [3.05, 3.63) is 41.7 Å². The van der Waals surface area contributed by atoms with Crippen molar-refractivity contribution in [2.45, 2.75) is 45.8 Å². The highest BCUT2D eigenvalue weighted by atomic mass is 19.1. The van der Waals surface area contributed by atoms with Crippen LogP contribution in [0.15, 0.2) is 30.3 Å². The lowest BCUT2D eigenvalue weighted by Gasteiger charge is -2.39. The van der Waals surface area contributed by atoms with Crippen LogP contribution in [0.25, 0.3) is 5.57 Å². The average molecular weight is 388 g/mol. The van der Waals surface area contributed by atoms with Gasteiger partial charge in [-0.2, -0.15) is 0 Å². The predicted octanol–water partition coefficient (Wildman–Crippen LogP) is 3.10. The number of hydrogen-bond donors (Lipinski definition) is 0. The minimum absolute atomic E-state index is 0.0243. The highest BCUT2D eigenvalue weighted by Gasteiger charge is 2.33. The van der Waals surface area contributed by atoms with Gasteiger partial charge in [0.1, 0.15) is 5.82 Å². The molecule has 0 aromatic heterocycles. The van der Waals surface area contributed by atoms with Gasteiger partial charge >= 0.3 is 0 Å². The number of allylic oxidation sites excluding steroid dienone is 1. The Labute approximate surface area is 166 Å². The first-order valence-electron chi connectivity index (χ1n) is 10.0. The van der Waals surface area contributed by atoms with Crippen molar-refractivity contribution in [3.63, 3.8) is 0 Å². The van der Waals surface area contributed by atoms with Gasteiger partial charge in [-0.3, -0.25) is 9.59 Å². The van der Waals surface area contributed by atoms with E-state index in [1.54, 1.807) is 23.1 Å². The van der Waals surface area contributed by atoms with E-state index in [0.717, 1.165) is 11.1 Å². The molecule has 2 aliphatic rings. The SMILES string of the molecule is C/C(=C\C(=O)N1CCC(C(=O)N2CC(C)OC(C)C2)CC1)c1ccc(F)cc1. The van der Waals surface area contributed by atoms with Crippen LogP contribution in [0, 0.1) is 11.7 Å². The predicted molar refractivity (Wildman–Crippen MR) is 106 cm³/mol. The summed E-state index contributed by atoms with van der Waals surface area (Å²) in [6, 6.07) is 6.12. The van der Waals surface area contributed by atoms with Gasteiger partial charge < -0.3 is 14.5 Å². The van der Waals surface area contributed by atoms with E-state index in [4.69, 9.17) is 4.74 Å². The molecule has 0 radical (unpaired) electrons. The molecule has 2 heterocycles.